The van der Waals surface area contributed by atoms with E-state index in [9.17, 15) is 9.59 Å². The van der Waals surface area contributed by atoms with Crippen molar-refractivity contribution in [2.24, 2.45) is 0 Å². The molecule has 23 heavy (non-hydrogen) atoms. The Morgan fingerprint density at radius 3 is 2.35 bits per heavy atom. The van der Waals surface area contributed by atoms with Gasteiger partial charge in [-0.05, 0) is 45.6 Å². The van der Waals surface area contributed by atoms with Crippen molar-refractivity contribution in [3.8, 4) is 5.75 Å². The molecule has 0 fully saturated rings. The van der Waals surface area contributed by atoms with Crippen LogP contribution in [-0.2, 0) is 9.53 Å². The Kier molecular flexibility index (Phi) is 11.1. The van der Waals surface area contributed by atoms with Crippen molar-refractivity contribution in [1.29, 1.82) is 0 Å². The lowest BCUT2D eigenvalue weighted by atomic mass is 10.2. The molecule has 5 nitrogen and oxygen atoms in total. The maximum atomic E-state index is 12.0. The molecule has 0 aliphatic carbocycles. The smallest absolute Gasteiger partial charge is 0.341 e. The number of rotatable bonds is 9. The Balaban J connectivity index is 0.00000484. The molecular formula is C17H26ClNO4. The summed E-state index contributed by atoms with van der Waals surface area (Å²) in [6.45, 7) is 2.76. The Hall–Kier alpha value is -1.59. The van der Waals surface area contributed by atoms with Gasteiger partial charge >= 0.3 is 11.9 Å². The van der Waals surface area contributed by atoms with Gasteiger partial charge in [0.2, 0.25) is 0 Å². The van der Waals surface area contributed by atoms with E-state index in [0.29, 0.717) is 6.61 Å². The van der Waals surface area contributed by atoms with E-state index in [0.717, 1.165) is 32.2 Å². The minimum Gasteiger partial charge on any atom is -0.462 e. The van der Waals surface area contributed by atoms with Gasteiger partial charge in [-0.2, -0.15) is 0 Å². The topological polar surface area (TPSA) is 55.8 Å². The van der Waals surface area contributed by atoms with Gasteiger partial charge in [0.1, 0.15) is 11.3 Å². The summed E-state index contributed by atoms with van der Waals surface area (Å²) >= 11 is 0. The Morgan fingerprint density at radius 1 is 1.04 bits per heavy atom. The fourth-order valence-electron chi connectivity index (χ4n) is 2.01. The molecule has 6 heteroatoms. The molecule has 0 bridgehead atoms. The molecule has 0 aliphatic rings. The van der Waals surface area contributed by atoms with E-state index in [2.05, 4.69) is 19.0 Å². The second-order valence-corrected chi connectivity index (χ2v) is 5.44. The third-order valence-corrected chi connectivity index (χ3v) is 3.09. The largest absolute Gasteiger partial charge is 0.462 e. The third-order valence-electron chi connectivity index (χ3n) is 3.09. The number of esters is 2. The van der Waals surface area contributed by atoms with Crippen LogP contribution in [0.2, 0.25) is 0 Å². The van der Waals surface area contributed by atoms with Gasteiger partial charge in [-0.25, -0.2) is 4.79 Å². The zero-order valence-electron chi connectivity index (χ0n) is 14.0. The van der Waals surface area contributed by atoms with E-state index in [1.807, 2.05) is 0 Å². The van der Waals surface area contributed by atoms with Crippen LogP contribution in [0.15, 0.2) is 24.3 Å². The van der Waals surface area contributed by atoms with Crippen molar-refractivity contribution in [1.82, 2.24) is 4.90 Å². The first-order valence-corrected chi connectivity index (χ1v) is 7.60. The number of unbranched alkanes of at least 4 members (excludes halogenated alkanes) is 3. The van der Waals surface area contributed by atoms with Crippen molar-refractivity contribution in [3.63, 3.8) is 0 Å². The number of carbonyl (C=O) groups is 2. The first-order valence-electron chi connectivity index (χ1n) is 7.60. The molecule has 130 valence electrons. The molecule has 0 N–H and O–H groups in total. The lowest BCUT2D eigenvalue weighted by Gasteiger charge is -2.10. The van der Waals surface area contributed by atoms with Crippen molar-refractivity contribution in [2.45, 2.75) is 32.6 Å². The monoisotopic (exact) mass is 343 g/mol. The summed E-state index contributed by atoms with van der Waals surface area (Å²) in [5.41, 5.74) is 0.283. The second kappa shape index (κ2) is 11.9. The second-order valence-electron chi connectivity index (χ2n) is 5.44. The number of halogens is 1. The lowest BCUT2D eigenvalue weighted by molar-refractivity contribution is -0.131. The van der Waals surface area contributed by atoms with Crippen molar-refractivity contribution in [3.05, 3.63) is 29.8 Å². The van der Waals surface area contributed by atoms with E-state index in [-0.39, 0.29) is 23.7 Å². The minimum absolute atomic E-state index is 0. The van der Waals surface area contributed by atoms with Crippen molar-refractivity contribution < 1.29 is 19.1 Å². The number of hydrogen-bond donors (Lipinski definition) is 0. The van der Waals surface area contributed by atoms with E-state index < -0.39 is 11.9 Å². The summed E-state index contributed by atoms with van der Waals surface area (Å²) in [6.07, 6.45) is 4.15. The molecule has 1 aromatic rings. The Labute approximate surface area is 144 Å². The van der Waals surface area contributed by atoms with Gasteiger partial charge in [-0.1, -0.05) is 25.0 Å². The highest BCUT2D eigenvalue weighted by Gasteiger charge is 2.14. The van der Waals surface area contributed by atoms with Crippen LogP contribution >= 0.6 is 12.4 Å². The van der Waals surface area contributed by atoms with Gasteiger partial charge in [0, 0.05) is 6.92 Å². The zero-order valence-corrected chi connectivity index (χ0v) is 14.9. The molecule has 0 unspecified atom stereocenters. The fourth-order valence-corrected chi connectivity index (χ4v) is 2.01. The average molecular weight is 344 g/mol. The summed E-state index contributed by atoms with van der Waals surface area (Å²) in [5, 5.41) is 0. The van der Waals surface area contributed by atoms with Crippen LogP contribution in [0.1, 0.15) is 43.0 Å². The number of ether oxygens (including phenoxy) is 2. The molecule has 0 saturated heterocycles. The van der Waals surface area contributed by atoms with Crippen LogP contribution in [0.5, 0.6) is 5.75 Å². The van der Waals surface area contributed by atoms with Crippen molar-refractivity contribution >= 4 is 24.3 Å². The predicted octanol–water partition coefficient (Wildman–Crippen LogP) is 3.31. The van der Waals surface area contributed by atoms with Crippen LogP contribution < -0.4 is 4.74 Å². The summed E-state index contributed by atoms with van der Waals surface area (Å²) in [4.78, 5) is 25.2. The molecule has 0 heterocycles. The molecule has 0 spiro atoms. The predicted molar refractivity (Wildman–Crippen MR) is 92.3 cm³/mol. The Bertz CT molecular complexity index is 491. The summed E-state index contributed by atoms with van der Waals surface area (Å²) in [6, 6.07) is 6.60. The first kappa shape index (κ1) is 21.4. The highest BCUT2D eigenvalue weighted by molar-refractivity contribution is 5.93. The van der Waals surface area contributed by atoms with Crippen LogP contribution in [0.3, 0.4) is 0 Å². The summed E-state index contributed by atoms with van der Waals surface area (Å²) in [5.74, 6) is -0.669. The molecule has 0 amide bonds. The summed E-state index contributed by atoms with van der Waals surface area (Å²) < 4.78 is 10.2. The van der Waals surface area contributed by atoms with Gasteiger partial charge < -0.3 is 14.4 Å². The van der Waals surface area contributed by atoms with Gasteiger partial charge in [-0.15, -0.1) is 12.4 Å². The maximum Gasteiger partial charge on any atom is 0.341 e. The molecule has 0 saturated carbocycles. The highest BCUT2D eigenvalue weighted by Crippen LogP contribution is 2.19. The van der Waals surface area contributed by atoms with Gasteiger partial charge in [0.15, 0.2) is 0 Å². The van der Waals surface area contributed by atoms with Crippen LogP contribution in [0.4, 0.5) is 0 Å². The van der Waals surface area contributed by atoms with E-state index in [1.54, 1.807) is 24.3 Å². The number of para-hydroxylation sites is 1. The van der Waals surface area contributed by atoms with Gasteiger partial charge in [0.05, 0.1) is 6.61 Å². The molecule has 0 aliphatic heterocycles. The number of benzene rings is 1. The number of carbonyl (C=O) groups excluding carboxylic acids is 2. The fraction of sp³-hybridized carbons (Fsp3) is 0.529. The van der Waals surface area contributed by atoms with Gasteiger partial charge in [-0.3, -0.25) is 4.79 Å². The SMILES string of the molecule is CC(=O)Oc1ccccc1C(=O)OCCCCCCN(C)C.Cl. The molecule has 1 rings (SSSR count). The zero-order chi connectivity index (χ0) is 16.4. The highest BCUT2D eigenvalue weighted by atomic mass is 35.5. The molecule has 0 aromatic heterocycles. The maximum absolute atomic E-state index is 12.0. The lowest BCUT2D eigenvalue weighted by Crippen LogP contribution is -2.13. The van der Waals surface area contributed by atoms with Crippen LogP contribution in [-0.4, -0.2) is 44.1 Å². The third kappa shape index (κ3) is 9.21. The Morgan fingerprint density at radius 2 is 1.70 bits per heavy atom. The van der Waals surface area contributed by atoms with E-state index in [1.165, 1.54) is 6.92 Å². The molecule has 0 atom stereocenters. The van der Waals surface area contributed by atoms with Crippen LogP contribution in [0, 0.1) is 0 Å². The summed E-state index contributed by atoms with van der Waals surface area (Å²) in [7, 11) is 4.12. The first-order chi connectivity index (χ1) is 10.5. The standard InChI is InChI=1S/C17H25NO4.ClH/c1-14(19)22-16-11-7-6-10-15(16)17(20)21-13-9-5-4-8-12-18(2)3;/h6-7,10-11H,4-5,8-9,12-13H2,1-3H3;1H. The normalized spacial score (nSPS) is 10.1. The number of nitrogens with zero attached hydrogens (tertiary/aromatic N) is 1. The average Bonchev–Trinajstić information content (AvgIpc) is 2.45. The van der Waals surface area contributed by atoms with Crippen LogP contribution in [0.25, 0.3) is 0 Å². The van der Waals surface area contributed by atoms with E-state index >= 15 is 0 Å². The molecular weight excluding hydrogens is 318 g/mol. The van der Waals surface area contributed by atoms with Crippen molar-refractivity contribution in [2.75, 3.05) is 27.2 Å². The molecule has 0 radical (unpaired) electrons. The quantitative estimate of drug-likeness (QED) is 0.391. The minimum atomic E-state index is -0.457. The van der Waals surface area contributed by atoms with E-state index in [4.69, 9.17) is 9.47 Å². The molecule has 1 aromatic carbocycles. The van der Waals surface area contributed by atoms with Gasteiger partial charge in [0.25, 0.3) is 0 Å². The number of hydrogen-bond acceptors (Lipinski definition) is 5.